The summed E-state index contributed by atoms with van der Waals surface area (Å²) in [6.45, 7) is 1.96. The van der Waals surface area contributed by atoms with Gasteiger partial charge in [-0.15, -0.1) is 11.3 Å². The lowest BCUT2D eigenvalue weighted by Gasteiger charge is -1.98. The number of thiazole rings is 1. The van der Waals surface area contributed by atoms with Gasteiger partial charge in [0, 0.05) is 16.8 Å². The molecule has 2 aromatic heterocycles. The molecule has 0 bridgehead atoms. The third-order valence-electron chi connectivity index (χ3n) is 2.78. The minimum Gasteiger partial charge on any atom is -0.368 e. The van der Waals surface area contributed by atoms with E-state index in [1.165, 1.54) is 0 Å². The molecule has 0 saturated heterocycles. The molecule has 0 unspecified atom stereocenters. The van der Waals surface area contributed by atoms with E-state index in [0.29, 0.717) is 5.02 Å². The number of hydrogen-bond donors (Lipinski definition) is 1. The molecule has 0 radical (unpaired) electrons. The van der Waals surface area contributed by atoms with Crippen LogP contribution in [0.25, 0.3) is 21.1 Å². The van der Waals surface area contributed by atoms with Gasteiger partial charge in [-0.1, -0.05) is 23.7 Å². The standard InChI is InChI=1S/C14H11ClN4S/c1-8-12(11-5-6-17-14(16)19-11)20-13(18-8)9-3-2-4-10(15)7-9/h2-7H,1H3,(H2,16,17,19). The van der Waals surface area contributed by atoms with Gasteiger partial charge in [0.2, 0.25) is 5.95 Å². The normalized spacial score (nSPS) is 10.7. The van der Waals surface area contributed by atoms with Crippen molar-refractivity contribution in [2.24, 2.45) is 0 Å². The summed E-state index contributed by atoms with van der Waals surface area (Å²) in [4.78, 5) is 13.7. The highest BCUT2D eigenvalue weighted by molar-refractivity contribution is 7.18. The Balaban J connectivity index is 2.08. The van der Waals surface area contributed by atoms with E-state index < -0.39 is 0 Å². The second-order valence-electron chi connectivity index (χ2n) is 4.24. The fourth-order valence-electron chi connectivity index (χ4n) is 1.88. The van der Waals surface area contributed by atoms with E-state index in [1.54, 1.807) is 17.5 Å². The van der Waals surface area contributed by atoms with E-state index in [2.05, 4.69) is 15.0 Å². The highest BCUT2D eigenvalue weighted by Crippen LogP contribution is 2.34. The van der Waals surface area contributed by atoms with Crippen LogP contribution in [0.5, 0.6) is 0 Å². The number of aromatic nitrogens is 3. The van der Waals surface area contributed by atoms with Crippen LogP contribution in [-0.4, -0.2) is 15.0 Å². The van der Waals surface area contributed by atoms with Crippen molar-refractivity contribution in [2.45, 2.75) is 6.92 Å². The van der Waals surface area contributed by atoms with Crippen molar-refractivity contribution in [3.05, 3.63) is 47.2 Å². The Morgan fingerprint density at radius 3 is 2.80 bits per heavy atom. The van der Waals surface area contributed by atoms with Crippen molar-refractivity contribution >= 4 is 28.9 Å². The zero-order chi connectivity index (χ0) is 14.1. The lowest BCUT2D eigenvalue weighted by molar-refractivity contribution is 1.18. The van der Waals surface area contributed by atoms with Crippen molar-refractivity contribution in [3.8, 4) is 21.1 Å². The number of hydrogen-bond acceptors (Lipinski definition) is 5. The molecular weight excluding hydrogens is 292 g/mol. The Bertz CT molecular complexity index is 769. The van der Waals surface area contributed by atoms with Gasteiger partial charge in [0.15, 0.2) is 0 Å². The van der Waals surface area contributed by atoms with E-state index in [-0.39, 0.29) is 5.95 Å². The van der Waals surface area contributed by atoms with Gasteiger partial charge >= 0.3 is 0 Å². The predicted molar refractivity (Wildman–Crippen MR) is 82.7 cm³/mol. The van der Waals surface area contributed by atoms with Gasteiger partial charge in [0.05, 0.1) is 16.3 Å². The Morgan fingerprint density at radius 1 is 1.20 bits per heavy atom. The summed E-state index contributed by atoms with van der Waals surface area (Å²) in [6, 6.07) is 9.48. The molecule has 3 aromatic rings. The molecule has 0 aliphatic rings. The van der Waals surface area contributed by atoms with E-state index in [4.69, 9.17) is 17.3 Å². The molecule has 0 aliphatic carbocycles. The van der Waals surface area contributed by atoms with Gasteiger partial charge in [0.25, 0.3) is 0 Å². The van der Waals surface area contributed by atoms with Crippen LogP contribution in [0.15, 0.2) is 36.5 Å². The summed E-state index contributed by atoms with van der Waals surface area (Å²) in [5.41, 5.74) is 8.34. The van der Waals surface area contributed by atoms with E-state index in [1.807, 2.05) is 37.3 Å². The molecule has 4 nitrogen and oxygen atoms in total. The number of nitrogen functional groups attached to an aromatic ring is 1. The topological polar surface area (TPSA) is 64.7 Å². The highest BCUT2D eigenvalue weighted by atomic mass is 35.5. The monoisotopic (exact) mass is 302 g/mol. The molecule has 0 saturated carbocycles. The minimum atomic E-state index is 0.264. The molecular formula is C14H11ClN4S. The molecule has 2 N–H and O–H groups in total. The molecule has 0 atom stereocenters. The number of nitrogens with two attached hydrogens (primary N) is 1. The quantitative estimate of drug-likeness (QED) is 0.781. The Morgan fingerprint density at radius 2 is 2.05 bits per heavy atom. The van der Waals surface area contributed by atoms with Crippen LogP contribution >= 0.6 is 22.9 Å². The maximum atomic E-state index is 6.02. The van der Waals surface area contributed by atoms with Crippen LogP contribution in [-0.2, 0) is 0 Å². The first-order valence-electron chi connectivity index (χ1n) is 5.96. The van der Waals surface area contributed by atoms with Crippen LogP contribution in [0.4, 0.5) is 5.95 Å². The van der Waals surface area contributed by atoms with Crippen molar-refractivity contribution in [1.82, 2.24) is 15.0 Å². The smallest absolute Gasteiger partial charge is 0.220 e. The average Bonchev–Trinajstić information content (AvgIpc) is 2.81. The van der Waals surface area contributed by atoms with Crippen LogP contribution in [0, 0.1) is 6.92 Å². The van der Waals surface area contributed by atoms with Crippen LogP contribution in [0.1, 0.15) is 5.69 Å². The van der Waals surface area contributed by atoms with E-state index in [0.717, 1.165) is 26.8 Å². The SMILES string of the molecule is Cc1nc(-c2cccc(Cl)c2)sc1-c1ccnc(N)n1. The number of anilines is 1. The summed E-state index contributed by atoms with van der Waals surface area (Å²) >= 11 is 7.59. The van der Waals surface area contributed by atoms with E-state index in [9.17, 15) is 0 Å². The van der Waals surface area contributed by atoms with Gasteiger partial charge in [-0.2, -0.15) is 0 Å². The maximum absolute atomic E-state index is 6.02. The number of nitrogens with zero attached hydrogens (tertiary/aromatic N) is 3. The first-order valence-corrected chi connectivity index (χ1v) is 7.15. The zero-order valence-corrected chi connectivity index (χ0v) is 12.2. The van der Waals surface area contributed by atoms with Crippen LogP contribution < -0.4 is 5.73 Å². The summed E-state index contributed by atoms with van der Waals surface area (Å²) in [5.74, 6) is 0.264. The summed E-state index contributed by atoms with van der Waals surface area (Å²) < 4.78 is 0. The molecule has 20 heavy (non-hydrogen) atoms. The largest absolute Gasteiger partial charge is 0.368 e. The van der Waals surface area contributed by atoms with Gasteiger partial charge in [0.1, 0.15) is 5.01 Å². The second kappa shape index (κ2) is 5.19. The third kappa shape index (κ3) is 2.50. The summed E-state index contributed by atoms with van der Waals surface area (Å²) in [5, 5.41) is 1.61. The third-order valence-corrected chi connectivity index (χ3v) is 4.24. The molecule has 0 amide bonds. The average molecular weight is 303 g/mol. The molecule has 100 valence electrons. The molecule has 6 heteroatoms. The van der Waals surface area contributed by atoms with E-state index >= 15 is 0 Å². The number of benzene rings is 1. The van der Waals surface area contributed by atoms with Crippen LogP contribution in [0.3, 0.4) is 0 Å². The van der Waals surface area contributed by atoms with Crippen LogP contribution in [0.2, 0.25) is 5.02 Å². The first-order chi connectivity index (χ1) is 9.63. The molecule has 2 heterocycles. The Labute approximate surface area is 125 Å². The minimum absolute atomic E-state index is 0.264. The fourth-order valence-corrected chi connectivity index (χ4v) is 3.10. The number of rotatable bonds is 2. The maximum Gasteiger partial charge on any atom is 0.220 e. The predicted octanol–water partition coefficient (Wildman–Crippen LogP) is 3.81. The van der Waals surface area contributed by atoms with Gasteiger partial charge < -0.3 is 5.73 Å². The van der Waals surface area contributed by atoms with Gasteiger partial charge in [-0.3, -0.25) is 0 Å². The van der Waals surface area contributed by atoms with Gasteiger partial charge in [-0.05, 0) is 25.1 Å². The highest BCUT2D eigenvalue weighted by Gasteiger charge is 2.12. The van der Waals surface area contributed by atoms with Crippen molar-refractivity contribution in [2.75, 3.05) is 5.73 Å². The molecule has 0 spiro atoms. The number of aryl methyl sites for hydroxylation is 1. The molecule has 0 aliphatic heterocycles. The Hall–Kier alpha value is -1.98. The Kier molecular flexibility index (Phi) is 3.38. The van der Waals surface area contributed by atoms with Gasteiger partial charge in [-0.25, -0.2) is 15.0 Å². The van der Waals surface area contributed by atoms with Crippen molar-refractivity contribution in [3.63, 3.8) is 0 Å². The molecule has 3 rings (SSSR count). The lowest BCUT2D eigenvalue weighted by Crippen LogP contribution is -1.94. The molecule has 0 fully saturated rings. The van der Waals surface area contributed by atoms with Crippen molar-refractivity contribution in [1.29, 1.82) is 0 Å². The second-order valence-corrected chi connectivity index (χ2v) is 5.68. The molecule has 1 aromatic carbocycles. The number of halogens is 1. The van der Waals surface area contributed by atoms with Crippen molar-refractivity contribution < 1.29 is 0 Å². The first kappa shape index (κ1) is 13.0. The zero-order valence-electron chi connectivity index (χ0n) is 10.7. The fraction of sp³-hybridized carbons (Fsp3) is 0.0714. The lowest BCUT2D eigenvalue weighted by atomic mass is 10.2. The summed E-state index contributed by atoms with van der Waals surface area (Å²) in [7, 11) is 0. The summed E-state index contributed by atoms with van der Waals surface area (Å²) in [6.07, 6.45) is 1.65.